The zero-order valence-corrected chi connectivity index (χ0v) is 12.5. The van der Waals surface area contributed by atoms with Gasteiger partial charge >= 0.3 is 0 Å². The Hall–Kier alpha value is -1.54. The second-order valence-corrected chi connectivity index (χ2v) is 6.41. The van der Waals surface area contributed by atoms with Gasteiger partial charge in [-0.15, -0.1) is 0 Å². The summed E-state index contributed by atoms with van der Waals surface area (Å²) in [6, 6.07) is 12.1. The van der Waals surface area contributed by atoms with Gasteiger partial charge in [0.15, 0.2) is 0 Å². The van der Waals surface area contributed by atoms with Crippen LogP contribution < -0.4 is 5.32 Å². The molecule has 2 nitrogen and oxygen atoms in total. The molecular formula is C19H23NO. The number of hydrogen-bond donors (Lipinski definition) is 1. The fraction of sp³-hybridized carbons (Fsp3) is 0.474. The van der Waals surface area contributed by atoms with Gasteiger partial charge in [-0.1, -0.05) is 30.7 Å². The van der Waals surface area contributed by atoms with E-state index < -0.39 is 0 Å². The summed E-state index contributed by atoms with van der Waals surface area (Å²) in [7, 11) is 0. The highest BCUT2D eigenvalue weighted by atomic mass is 16.3. The summed E-state index contributed by atoms with van der Waals surface area (Å²) < 4.78 is 5.63. The van der Waals surface area contributed by atoms with Crippen LogP contribution >= 0.6 is 0 Å². The Morgan fingerprint density at radius 1 is 0.857 bits per heavy atom. The topological polar surface area (TPSA) is 25.2 Å². The summed E-state index contributed by atoms with van der Waals surface area (Å²) in [4.78, 5) is 0. The maximum atomic E-state index is 5.63. The fourth-order valence-electron chi connectivity index (χ4n) is 4.00. The van der Waals surface area contributed by atoms with Crippen LogP contribution in [0.5, 0.6) is 0 Å². The summed E-state index contributed by atoms with van der Waals surface area (Å²) in [6.07, 6.45) is 10.5. The van der Waals surface area contributed by atoms with Crippen molar-refractivity contribution in [2.24, 2.45) is 0 Å². The smallest absolute Gasteiger partial charge is 0.108 e. The molecule has 0 amide bonds. The zero-order chi connectivity index (χ0) is 14.1. The molecule has 1 aromatic carbocycles. The summed E-state index contributed by atoms with van der Waals surface area (Å²) >= 11 is 0. The summed E-state index contributed by atoms with van der Waals surface area (Å²) in [5, 5.41) is 3.94. The minimum Gasteiger partial charge on any atom is -0.469 e. The number of aryl methyl sites for hydroxylation is 2. The predicted molar refractivity (Wildman–Crippen MR) is 84.3 cm³/mol. The second-order valence-electron chi connectivity index (χ2n) is 6.41. The Morgan fingerprint density at radius 3 is 2.71 bits per heavy atom. The number of hydrogen-bond acceptors (Lipinski definition) is 2. The van der Waals surface area contributed by atoms with E-state index in [1.807, 2.05) is 6.26 Å². The number of benzene rings is 1. The molecule has 2 atom stereocenters. The Labute approximate surface area is 126 Å². The molecule has 0 saturated heterocycles. The first kappa shape index (κ1) is 13.1. The van der Waals surface area contributed by atoms with E-state index in [-0.39, 0.29) is 0 Å². The molecule has 4 rings (SSSR count). The zero-order valence-electron chi connectivity index (χ0n) is 12.5. The van der Waals surface area contributed by atoms with Crippen molar-refractivity contribution in [3.63, 3.8) is 0 Å². The quantitative estimate of drug-likeness (QED) is 0.806. The lowest BCUT2D eigenvalue weighted by atomic mass is 9.91. The molecule has 1 N–H and O–H groups in total. The van der Waals surface area contributed by atoms with Crippen LogP contribution in [0.1, 0.15) is 66.6 Å². The van der Waals surface area contributed by atoms with Gasteiger partial charge in [-0.2, -0.15) is 0 Å². The van der Waals surface area contributed by atoms with E-state index in [1.165, 1.54) is 61.0 Å². The average molecular weight is 281 g/mol. The van der Waals surface area contributed by atoms with Crippen molar-refractivity contribution < 1.29 is 4.42 Å². The molecule has 0 radical (unpaired) electrons. The lowest BCUT2D eigenvalue weighted by molar-refractivity contribution is 0.364. The lowest BCUT2D eigenvalue weighted by Crippen LogP contribution is -2.29. The fourth-order valence-corrected chi connectivity index (χ4v) is 4.00. The molecule has 2 heteroatoms. The first-order chi connectivity index (χ1) is 10.4. The summed E-state index contributed by atoms with van der Waals surface area (Å²) in [6.45, 7) is 0. The molecule has 0 saturated carbocycles. The highest BCUT2D eigenvalue weighted by Crippen LogP contribution is 2.35. The lowest BCUT2D eigenvalue weighted by Gasteiger charge is -2.29. The van der Waals surface area contributed by atoms with Crippen LogP contribution in [0.2, 0.25) is 0 Å². The molecule has 0 fully saturated rings. The number of rotatable bonds is 2. The molecule has 1 aromatic heterocycles. The van der Waals surface area contributed by atoms with Gasteiger partial charge in [0.2, 0.25) is 0 Å². The monoisotopic (exact) mass is 281 g/mol. The maximum Gasteiger partial charge on any atom is 0.108 e. The van der Waals surface area contributed by atoms with E-state index in [9.17, 15) is 0 Å². The minimum atomic E-state index is 0.462. The van der Waals surface area contributed by atoms with Crippen molar-refractivity contribution >= 4 is 0 Å². The van der Waals surface area contributed by atoms with Gasteiger partial charge in [0.05, 0.1) is 6.26 Å². The number of furan rings is 1. The predicted octanol–water partition coefficient (Wildman–Crippen LogP) is 4.71. The molecule has 0 spiro atoms. The maximum absolute atomic E-state index is 5.63. The van der Waals surface area contributed by atoms with Gasteiger partial charge in [-0.25, -0.2) is 0 Å². The van der Waals surface area contributed by atoms with Gasteiger partial charge in [-0.3, -0.25) is 0 Å². The SMILES string of the molecule is c1ccc2c(c1)CCCCC2NC1CCCc2occc21. The largest absolute Gasteiger partial charge is 0.469 e. The van der Waals surface area contributed by atoms with E-state index in [0.29, 0.717) is 12.1 Å². The molecule has 21 heavy (non-hydrogen) atoms. The Morgan fingerprint density at radius 2 is 1.71 bits per heavy atom. The second kappa shape index (κ2) is 5.69. The van der Waals surface area contributed by atoms with Gasteiger partial charge in [0.1, 0.15) is 5.76 Å². The van der Waals surface area contributed by atoms with Crippen LogP contribution in [-0.4, -0.2) is 0 Å². The number of fused-ring (bicyclic) bond motifs is 2. The average Bonchev–Trinajstić information content (AvgIpc) is 2.91. The highest BCUT2D eigenvalue weighted by Gasteiger charge is 2.26. The van der Waals surface area contributed by atoms with Gasteiger partial charge in [0.25, 0.3) is 0 Å². The van der Waals surface area contributed by atoms with E-state index in [1.54, 1.807) is 0 Å². The third-order valence-corrected chi connectivity index (χ3v) is 5.07. The third-order valence-electron chi connectivity index (χ3n) is 5.07. The molecule has 0 aliphatic heterocycles. The van der Waals surface area contributed by atoms with Gasteiger partial charge in [0, 0.05) is 24.1 Å². The molecule has 2 unspecified atom stereocenters. The van der Waals surface area contributed by atoms with Crippen LogP contribution in [0.15, 0.2) is 41.0 Å². The van der Waals surface area contributed by atoms with E-state index >= 15 is 0 Å². The van der Waals surface area contributed by atoms with Crippen LogP contribution in [0.3, 0.4) is 0 Å². The van der Waals surface area contributed by atoms with Gasteiger partial charge < -0.3 is 9.73 Å². The third kappa shape index (κ3) is 2.53. The Balaban J connectivity index is 1.61. The van der Waals surface area contributed by atoms with Crippen molar-refractivity contribution in [3.05, 3.63) is 59.0 Å². The van der Waals surface area contributed by atoms with Crippen LogP contribution in [0.4, 0.5) is 0 Å². The van der Waals surface area contributed by atoms with Gasteiger partial charge in [-0.05, 0) is 49.3 Å². The molecule has 0 bridgehead atoms. The summed E-state index contributed by atoms with van der Waals surface area (Å²) in [5.74, 6) is 1.20. The van der Waals surface area contributed by atoms with Crippen molar-refractivity contribution in [2.45, 2.75) is 57.0 Å². The molecule has 2 aliphatic carbocycles. The molecule has 2 aliphatic rings. The normalized spacial score (nSPS) is 25.0. The van der Waals surface area contributed by atoms with E-state index in [2.05, 4.69) is 35.6 Å². The standard InChI is InChI=1S/C19H23NO/c1-3-8-15-14(6-1)7-2-4-9-17(15)20-18-10-5-11-19-16(18)12-13-21-19/h1,3,6,8,12-13,17-18,20H,2,4-5,7,9-11H2. The van der Waals surface area contributed by atoms with Crippen molar-refractivity contribution in [3.8, 4) is 0 Å². The Bertz CT molecular complexity index is 616. The first-order valence-electron chi connectivity index (χ1n) is 8.32. The molecule has 1 heterocycles. The van der Waals surface area contributed by atoms with E-state index in [0.717, 1.165) is 6.42 Å². The number of nitrogens with one attached hydrogen (secondary N) is 1. The molecule has 2 aromatic rings. The Kier molecular flexibility index (Phi) is 3.56. The molecular weight excluding hydrogens is 258 g/mol. The van der Waals surface area contributed by atoms with Crippen LogP contribution in [0, 0.1) is 0 Å². The first-order valence-corrected chi connectivity index (χ1v) is 8.32. The van der Waals surface area contributed by atoms with Crippen molar-refractivity contribution in [1.29, 1.82) is 0 Å². The van der Waals surface area contributed by atoms with Crippen LogP contribution in [0.25, 0.3) is 0 Å². The molecule has 110 valence electrons. The van der Waals surface area contributed by atoms with E-state index in [4.69, 9.17) is 4.42 Å². The van der Waals surface area contributed by atoms with Crippen molar-refractivity contribution in [1.82, 2.24) is 5.32 Å². The summed E-state index contributed by atoms with van der Waals surface area (Å²) in [5.41, 5.74) is 4.45. The van der Waals surface area contributed by atoms with Crippen molar-refractivity contribution in [2.75, 3.05) is 0 Å². The highest BCUT2D eigenvalue weighted by molar-refractivity contribution is 5.32. The minimum absolute atomic E-state index is 0.462. The van der Waals surface area contributed by atoms with Crippen LogP contribution in [-0.2, 0) is 12.8 Å².